The van der Waals surface area contributed by atoms with E-state index in [2.05, 4.69) is 5.32 Å². The molecule has 0 radical (unpaired) electrons. The molecule has 2 rings (SSSR count). The summed E-state index contributed by atoms with van der Waals surface area (Å²) in [6.07, 6.45) is 2.94. The van der Waals surface area contributed by atoms with Crippen LogP contribution in [0.5, 0.6) is 0 Å². The molecule has 0 spiro atoms. The number of nitrogens with one attached hydrogen (secondary N) is 1. The Labute approximate surface area is 112 Å². The van der Waals surface area contributed by atoms with Crippen molar-refractivity contribution in [2.24, 2.45) is 0 Å². The predicted molar refractivity (Wildman–Crippen MR) is 71.1 cm³/mol. The van der Waals surface area contributed by atoms with Gasteiger partial charge in [-0.15, -0.1) is 12.4 Å². The van der Waals surface area contributed by atoms with E-state index < -0.39 is 0 Å². The molecule has 17 heavy (non-hydrogen) atoms. The molecule has 1 aromatic rings. The second-order valence-corrected chi connectivity index (χ2v) is 4.53. The van der Waals surface area contributed by atoms with Crippen LogP contribution in [0.25, 0.3) is 0 Å². The lowest BCUT2D eigenvalue weighted by molar-refractivity contribution is 0.0729. The lowest BCUT2D eigenvalue weighted by Gasteiger charge is -2.18. The Morgan fingerprint density at radius 1 is 1.41 bits per heavy atom. The third-order valence-electron chi connectivity index (χ3n) is 2.62. The Hall–Kier alpha value is -0.650. The van der Waals surface area contributed by atoms with Crippen molar-refractivity contribution in [1.82, 2.24) is 10.2 Å². The topological polar surface area (TPSA) is 45.5 Å². The molecule has 1 fully saturated rings. The lowest BCUT2D eigenvalue weighted by Crippen LogP contribution is -2.33. The van der Waals surface area contributed by atoms with E-state index in [9.17, 15) is 4.79 Å². The monoisotopic (exact) mass is 276 g/mol. The molecule has 0 saturated carbocycles. The first-order valence-electron chi connectivity index (χ1n) is 5.45. The Bertz CT molecular complexity index is 362. The highest BCUT2D eigenvalue weighted by molar-refractivity contribution is 7.98. The average molecular weight is 277 g/mol. The highest BCUT2D eigenvalue weighted by Crippen LogP contribution is 2.19. The molecule has 0 atom stereocenters. The summed E-state index contributed by atoms with van der Waals surface area (Å²) in [5.74, 6) is 0.454. The van der Waals surface area contributed by atoms with Crippen LogP contribution >= 0.6 is 24.2 Å². The van der Waals surface area contributed by atoms with E-state index in [1.165, 1.54) is 11.8 Å². The quantitative estimate of drug-likeness (QED) is 0.838. The van der Waals surface area contributed by atoms with Gasteiger partial charge in [-0.1, -0.05) is 11.8 Å². The van der Waals surface area contributed by atoms with Gasteiger partial charge in [0.1, 0.15) is 0 Å². The molecular formula is C11H17ClN2O2S. The van der Waals surface area contributed by atoms with E-state index in [4.69, 9.17) is 4.42 Å². The molecule has 1 saturated heterocycles. The van der Waals surface area contributed by atoms with E-state index in [1.807, 2.05) is 17.2 Å². The van der Waals surface area contributed by atoms with Crippen LogP contribution in [0, 0.1) is 0 Å². The number of hydrogen-bond acceptors (Lipinski definition) is 4. The zero-order valence-electron chi connectivity index (χ0n) is 9.77. The van der Waals surface area contributed by atoms with Gasteiger partial charge in [-0.2, -0.15) is 0 Å². The van der Waals surface area contributed by atoms with E-state index in [1.54, 1.807) is 6.07 Å². The summed E-state index contributed by atoms with van der Waals surface area (Å²) in [4.78, 5) is 13.9. The van der Waals surface area contributed by atoms with Crippen molar-refractivity contribution in [2.75, 3.05) is 32.4 Å². The molecule has 96 valence electrons. The van der Waals surface area contributed by atoms with Gasteiger partial charge >= 0.3 is 0 Å². The third kappa shape index (κ3) is 3.66. The first kappa shape index (κ1) is 14.4. The summed E-state index contributed by atoms with van der Waals surface area (Å²) in [7, 11) is 0. The molecule has 2 heterocycles. The van der Waals surface area contributed by atoms with Crippen LogP contribution in [0.4, 0.5) is 0 Å². The van der Waals surface area contributed by atoms with E-state index in [-0.39, 0.29) is 18.3 Å². The lowest BCUT2D eigenvalue weighted by atomic mass is 10.3. The Morgan fingerprint density at radius 2 is 2.24 bits per heavy atom. The van der Waals surface area contributed by atoms with Crippen molar-refractivity contribution in [3.05, 3.63) is 17.9 Å². The maximum Gasteiger partial charge on any atom is 0.289 e. The molecular weight excluding hydrogens is 260 g/mol. The number of rotatable bonds is 2. The summed E-state index contributed by atoms with van der Waals surface area (Å²) in [6, 6.07) is 3.60. The van der Waals surface area contributed by atoms with Gasteiger partial charge in [-0.3, -0.25) is 4.79 Å². The van der Waals surface area contributed by atoms with Crippen LogP contribution in [0.1, 0.15) is 17.0 Å². The number of halogens is 1. The standard InChI is InChI=1S/C11H16N2O2S.ClH/c1-16-10-4-3-9(15-10)11(14)13-7-2-5-12-6-8-13;/h3-4,12H,2,5-8H2,1H3;1H. The van der Waals surface area contributed by atoms with Crippen molar-refractivity contribution in [3.8, 4) is 0 Å². The van der Waals surface area contributed by atoms with E-state index in [0.717, 1.165) is 37.7 Å². The van der Waals surface area contributed by atoms with Crippen molar-refractivity contribution in [3.63, 3.8) is 0 Å². The SMILES string of the molecule is CSc1ccc(C(=O)N2CCCNCC2)o1.Cl. The maximum atomic E-state index is 12.1. The number of amides is 1. The minimum Gasteiger partial charge on any atom is -0.445 e. The van der Waals surface area contributed by atoms with Crippen LogP contribution in [0.2, 0.25) is 0 Å². The molecule has 0 unspecified atom stereocenters. The molecule has 1 aliphatic rings. The Balaban J connectivity index is 0.00000144. The highest BCUT2D eigenvalue weighted by Gasteiger charge is 2.19. The Morgan fingerprint density at radius 3 is 2.94 bits per heavy atom. The average Bonchev–Trinajstić information content (AvgIpc) is 2.62. The van der Waals surface area contributed by atoms with Gasteiger partial charge in [-0.05, 0) is 31.4 Å². The van der Waals surface area contributed by atoms with E-state index in [0.29, 0.717) is 5.76 Å². The third-order valence-corrected chi connectivity index (χ3v) is 3.24. The van der Waals surface area contributed by atoms with E-state index >= 15 is 0 Å². The molecule has 1 amide bonds. The van der Waals surface area contributed by atoms with Gasteiger partial charge in [0.2, 0.25) is 0 Å². The summed E-state index contributed by atoms with van der Waals surface area (Å²) < 4.78 is 5.44. The van der Waals surface area contributed by atoms with Gasteiger partial charge in [0.25, 0.3) is 5.91 Å². The summed E-state index contributed by atoms with van der Waals surface area (Å²) in [6.45, 7) is 3.41. The number of furan rings is 1. The van der Waals surface area contributed by atoms with Gasteiger partial charge in [-0.25, -0.2) is 0 Å². The van der Waals surface area contributed by atoms with Crippen molar-refractivity contribution < 1.29 is 9.21 Å². The molecule has 0 bridgehead atoms. The number of nitrogens with zero attached hydrogens (tertiary/aromatic N) is 1. The molecule has 1 N–H and O–H groups in total. The maximum absolute atomic E-state index is 12.1. The minimum atomic E-state index is 0. The van der Waals surface area contributed by atoms with Gasteiger partial charge < -0.3 is 14.6 Å². The van der Waals surface area contributed by atoms with Crippen molar-refractivity contribution in [1.29, 1.82) is 0 Å². The summed E-state index contributed by atoms with van der Waals surface area (Å²) >= 11 is 1.51. The van der Waals surface area contributed by atoms with Crippen LogP contribution in [0.15, 0.2) is 21.6 Å². The minimum absolute atomic E-state index is 0. The van der Waals surface area contributed by atoms with Crippen LogP contribution in [-0.2, 0) is 0 Å². The predicted octanol–water partition coefficient (Wildman–Crippen LogP) is 1.86. The second kappa shape index (κ2) is 6.93. The van der Waals surface area contributed by atoms with Crippen LogP contribution in [-0.4, -0.2) is 43.2 Å². The normalized spacial score (nSPS) is 16.2. The molecule has 0 aromatic carbocycles. The zero-order valence-corrected chi connectivity index (χ0v) is 11.4. The molecule has 1 aromatic heterocycles. The van der Waals surface area contributed by atoms with Crippen LogP contribution in [0.3, 0.4) is 0 Å². The number of carbonyl (C=O) groups is 1. The van der Waals surface area contributed by atoms with Gasteiger partial charge in [0, 0.05) is 19.6 Å². The number of hydrogen-bond donors (Lipinski definition) is 1. The smallest absolute Gasteiger partial charge is 0.289 e. The molecule has 6 heteroatoms. The highest BCUT2D eigenvalue weighted by atomic mass is 35.5. The van der Waals surface area contributed by atoms with Gasteiger partial charge in [0.15, 0.2) is 10.9 Å². The first-order chi connectivity index (χ1) is 7.81. The zero-order chi connectivity index (χ0) is 11.4. The summed E-state index contributed by atoms with van der Waals surface area (Å²) in [5.41, 5.74) is 0. The molecule has 1 aliphatic heterocycles. The summed E-state index contributed by atoms with van der Waals surface area (Å²) in [5, 5.41) is 4.06. The largest absolute Gasteiger partial charge is 0.445 e. The Kier molecular flexibility index (Phi) is 5.88. The fourth-order valence-corrected chi connectivity index (χ4v) is 2.13. The first-order valence-corrected chi connectivity index (χ1v) is 6.67. The second-order valence-electron chi connectivity index (χ2n) is 3.72. The molecule has 4 nitrogen and oxygen atoms in total. The van der Waals surface area contributed by atoms with Crippen LogP contribution < -0.4 is 5.32 Å². The number of thioether (sulfide) groups is 1. The van der Waals surface area contributed by atoms with Crippen molar-refractivity contribution in [2.45, 2.75) is 11.5 Å². The van der Waals surface area contributed by atoms with Gasteiger partial charge in [0.05, 0.1) is 0 Å². The fraction of sp³-hybridized carbons (Fsp3) is 0.545. The number of carbonyl (C=O) groups excluding carboxylic acids is 1. The molecule has 0 aliphatic carbocycles. The van der Waals surface area contributed by atoms with Crippen molar-refractivity contribution >= 4 is 30.1 Å². The fourth-order valence-electron chi connectivity index (χ4n) is 1.75.